The molecule has 1 aromatic carbocycles. The summed E-state index contributed by atoms with van der Waals surface area (Å²) in [6, 6.07) is 5.39. The molecule has 0 saturated carbocycles. The van der Waals surface area contributed by atoms with Gasteiger partial charge < -0.3 is 0 Å². The molecule has 0 amide bonds. The lowest BCUT2D eigenvalue weighted by Crippen LogP contribution is -2.38. The van der Waals surface area contributed by atoms with Crippen molar-refractivity contribution in [3.05, 3.63) is 29.3 Å². The van der Waals surface area contributed by atoms with Gasteiger partial charge in [-0.05, 0) is 31.0 Å². The SMILES string of the molecule is Cc1cccc(N(CCNS(C)(=O)=O)S(C)(=O)=O)c1C. The number of hydrogen-bond donors (Lipinski definition) is 1. The molecule has 0 saturated heterocycles. The summed E-state index contributed by atoms with van der Waals surface area (Å²) in [4.78, 5) is 0. The number of anilines is 1. The standard InChI is InChI=1S/C12H20N2O4S2/c1-10-6-5-7-12(11(10)2)14(20(4,17)18)9-8-13-19(3,15)16/h5-7,13H,8-9H2,1-4H3. The fourth-order valence-corrected chi connectivity index (χ4v) is 3.24. The van der Waals surface area contributed by atoms with Gasteiger partial charge in [0.05, 0.1) is 18.2 Å². The molecular weight excluding hydrogens is 300 g/mol. The van der Waals surface area contributed by atoms with Crippen LogP contribution in [0.5, 0.6) is 0 Å². The Balaban J connectivity index is 3.06. The Morgan fingerprint density at radius 1 is 1.10 bits per heavy atom. The molecule has 1 aromatic rings. The first kappa shape index (κ1) is 16.9. The van der Waals surface area contributed by atoms with Crippen LogP contribution in [0.4, 0.5) is 5.69 Å². The van der Waals surface area contributed by atoms with Crippen molar-refractivity contribution in [1.29, 1.82) is 0 Å². The third-order valence-electron chi connectivity index (χ3n) is 2.92. The Labute approximate surface area is 120 Å². The quantitative estimate of drug-likeness (QED) is 0.833. The van der Waals surface area contributed by atoms with Crippen molar-refractivity contribution in [2.24, 2.45) is 0 Å². The molecule has 0 aliphatic rings. The second-order valence-corrected chi connectivity index (χ2v) is 8.46. The van der Waals surface area contributed by atoms with E-state index in [1.54, 1.807) is 12.1 Å². The number of nitrogens with one attached hydrogen (secondary N) is 1. The maximum Gasteiger partial charge on any atom is 0.232 e. The zero-order chi connectivity index (χ0) is 15.6. The summed E-state index contributed by atoms with van der Waals surface area (Å²) in [6.07, 6.45) is 2.14. The third-order valence-corrected chi connectivity index (χ3v) is 4.83. The molecule has 0 spiro atoms. The maximum absolute atomic E-state index is 11.9. The molecule has 0 heterocycles. The molecule has 6 nitrogen and oxygen atoms in total. The molecule has 20 heavy (non-hydrogen) atoms. The Bertz CT molecular complexity index is 681. The van der Waals surface area contributed by atoms with Crippen molar-refractivity contribution >= 4 is 25.7 Å². The van der Waals surface area contributed by atoms with E-state index < -0.39 is 20.0 Å². The normalized spacial score (nSPS) is 12.4. The molecule has 1 N–H and O–H groups in total. The van der Waals surface area contributed by atoms with Crippen molar-refractivity contribution in [1.82, 2.24) is 4.72 Å². The molecular formula is C12H20N2O4S2. The van der Waals surface area contributed by atoms with Crippen LogP contribution in [0.25, 0.3) is 0 Å². The summed E-state index contributed by atoms with van der Waals surface area (Å²) >= 11 is 0. The fourth-order valence-electron chi connectivity index (χ4n) is 1.80. The first-order chi connectivity index (χ1) is 9.02. The van der Waals surface area contributed by atoms with Gasteiger partial charge in [0, 0.05) is 13.1 Å². The number of aryl methyl sites for hydroxylation is 1. The van der Waals surface area contributed by atoms with Gasteiger partial charge in [0.15, 0.2) is 0 Å². The maximum atomic E-state index is 11.9. The first-order valence-corrected chi connectivity index (χ1v) is 9.75. The van der Waals surface area contributed by atoms with Gasteiger partial charge in [-0.2, -0.15) is 0 Å². The van der Waals surface area contributed by atoms with E-state index in [1.807, 2.05) is 19.9 Å². The van der Waals surface area contributed by atoms with Gasteiger partial charge in [0.1, 0.15) is 0 Å². The molecule has 0 radical (unpaired) electrons. The number of benzene rings is 1. The molecule has 0 aliphatic carbocycles. The van der Waals surface area contributed by atoms with Crippen LogP contribution in [0.2, 0.25) is 0 Å². The minimum absolute atomic E-state index is 0.0271. The van der Waals surface area contributed by atoms with E-state index in [0.717, 1.165) is 23.6 Å². The van der Waals surface area contributed by atoms with Crippen LogP contribution >= 0.6 is 0 Å². The van der Waals surface area contributed by atoms with Gasteiger partial charge in [-0.15, -0.1) is 0 Å². The van der Waals surface area contributed by atoms with Gasteiger partial charge in [-0.1, -0.05) is 12.1 Å². The van der Waals surface area contributed by atoms with E-state index in [1.165, 1.54) is 4.31 Å². The third kappa shape index (κ3) is 4.77. The Kier molecular flexibility index (Phi) is 5.17. The number of nitrogens with zero attached hydrogens (tertiary/aromatic N) is 1. The number of sulfonamides is 2. The lowest BCUT2D eigenvalue weighted by atomic mass is 10.1. The van der Waals surface area contributed by atoms with Crippen LogP contribution in [-0.2, 0) is 20.0 Å². The molecule has 0 aromatic heterocycles. The fraction of sp³-hybridized carbons (Fsp3) is 0.500. The van der Waals surface area contributed by atoms with Crippen LogP contribution < -0.4 is 9.03 Å². The van der Waals surface area contributed by atoms with Crippen LogP contribution in [0.1, 0.15) is 11.1 Å². The summed E-state index contributed by atoms with van der Waals surface area (Å²) in [6.45, 7) is 3.82. The van der Waals surface area contributed by atoms with E-state index in [4.69, 9.17) is 0 Å². The highest BCUT2D eigenvalue weighted by atomic mass is 32.2. The van der Waals surface area contributed by atoms with Crippen molar-refractivity contribution in [3.63, 3.8) is 0 Å². The summed E-state index contributed by atoms with van der Waals surface area (Å²) in [5.41, 5.74) is 2.41. The Morgan fingerprint density at radius 3 is 2.20 bits per heavy atom. The van der Waals surface area contributed by atoms with E-state index in [9.17, 15) is 16.8 Å². The predicted octanol–water partition coefficient (Wildman–Crippen LogP) is 0.619. The smallest absolute Gasteiger partial charge is 0.232 e. The topological polar surface area (TPSA) is 83.6 Å². The molecule has 0 unspecified atom stereocenters. The van der Waals surface area contributed by atoms with E-state index in [0.29, 0.717) is 5.69 Å². The van der Waals surface area contributed by atoms with Crippen molar-refractivity contribution < 1.29 is 16.8 Å². The second kappa shape index (κ2) is 6.11. The highest BCUT2D eigenvalue weighted by Gasteiger charge is 2.19. The van der Waals surface area contributed by atoms with Crippen molar-refractivity contribution in [3.8, 4) is 0 Å². The van der Waals surface area contributed by atoms with Crippen LogP contribution in [0.15, 0.2) is 18.2 Å². The van der Waals surface area contributed by atoms with E-state index in [2.05, 4.69) is 4.72 Å². The lowest BCUT2D eigenvalue weighted by Gasteiger charge is -2.24. The van der Waals surface area contributed by atoms with Crippen LogP contribution in [0, 0.1) is 13.8 Å². The Hall–Kier alpha value is -1.12. The molecule has 1 rings (SSSR count). The predicted molar refractivity (Wildman–Crippen MR) is 81.0 cm³/mol. The zero-order valence-electron chi connectivity index (χ0n) is 12.0. The summed E-state index contributed by atoms with van der Waals surface area (Å²) in [5.74, 6) is 0. The first-order valence-electron chi connectivity index (χ1n) is 6.01. The zero-order valence-corrected chi connectivity index (χ0v) is 13.7. The van der Waals surface area contributed by atoms with E-state index in [-0.39, 0.29) is 13.1 Å². The molecule has 114 valence electrons. The van der Waals surface area contributed by atoms with Gasteiger partial charge in [-0.3, -0.25) is 4.31 Å². The van der Waals surface area contributed by atoms with Crippen molar-refractivity contribution in [2.75, 3.05) is 29.9 Å². The molecule has 0 bridgehead atoms. The largest absolute Gasteiger partial charge is 0.269 e. The van der Waals surface area contributed by atoms with Gasteiger partial charge in [-0.25, -0.2) is 21.6 Å². The molecule has 0 fully saturated rings. The summed E-state index contributed by atoms with van der Waals surface area (Å²) < 4.78 is 49.4. The summed E-state index contributed by atoms with van der Waals surface area (Å²) in [5, 5.41) is 0. The highest BCUT2D eigenvalue weighted by molar-refractivity contribution is 7.92. The average molecular weight is 320 g/mol. The van der Waals surface area contributed by atoms with Crippen molar-refractivity contribution in [2.45, 2.75) is 13.8 Å². The second-order valence-electron chi connectivity index (χ2n) is 4.72. The van der Waals surface area contributed by atoms with Crippen LogP contribution in [0.3, 0.4) is 0 Å². The monoisotopic (exact) mass is 320 g/mol. The Morgan fingerprint density at radius 2 is 1.70 bits per heavy atom. The van der Waals surface area contributed by atoms with Gasteiger partial charge in [0.25, 0.3) is 0 Å². The number of hydrogen-bond acceptors (Lipinski definition) is 4. The lowest BCUT2D eigenvalue weighted by molar-refractivity contribution is 0.583. The highest BCUT2D eigenvalue weighted by Crippen LogP contribution is 2.24. The van der Waals surface area contributed by atoms with Crippen LogP contribution in [-0.4, -0.2) is 42.4 Å². The molecule has 0 atom stereocenters. The summed E-state index contributed by atoms with van der Waals surface area (Å²) in [7, 11) is -6.81. The molecule has 0 aliphatic heterocycles. The minimum atomic E-state index is -3.48. The van der Waals surface area contributed by atoms with Gasteiger partial charge >= 0.3 is 0 Å². The molecule has 8 heteroatoms. The number of rotatable bonds is 6. The minimum Gasteiger partial charge on any atom is -0.269 e. The van der Waals surface area contributed by atoms with E-state index >= 15 is 0 Å². The van der Waals surface area contributed by atoms with Gasteiger partial charge in [0.2, 0.25) is 20.0 Å². The average Bonchev–Trinajstić information content (AvgIpc) is 2.26.